The molecule has 1 saturated carbocycles. The van der Waals surface area contributed by atoms with Gasteiger partial charge in [-0.1, -0.05) is 29.8 Å². The van der Waals surface area contributed by atoms with Gasteiger partial charge in [-0.15, -0.1) is 24.0 Å². The number of rotatable bonds is 4. The van der Waals surface area contributed by atoms with Crippen molar-refractivity contribution in [1.82, 2.24) is 10.6 Å². The Balaban J connectivity index is 0.00000220. The summed E-state index contributed by atoms with van der Waals surface area (Å²) in [5.74, 6) is 0.858. The molecule has 21 heavy (non-hydrogen) atoms. The van der Waals surface area contributed by atoms with E-state index in [4.69, 9.17) is 11.6 Å². The van der Waals surface area contributed by atoms with Crippen molar-refractivity contribution in [2.24, 2.45) is 4.99 Å². The fraction of sp³-hybridized carbons (Fsp3) is 0.533. The molecule has 1 fully saturated rings. The van der Waals surface area contributed by atoms with Crippen LogP contribution in [0.2, 0.25) is 5.02 Å². The number of nitrogens with zero attached hydrogens (tertiary/aromatic N) is 1. The Hall–Kier alpha value is -0.140. The van der Waals surface area contributed by atoms with Gasteiger partial charge in [-0.05, 0) is 37.1 Å². The third-order valence-electron chi connectivity index (χ3n) is 3.69. The van der Waals surface area contributed by atoms with Crippen LogP contribution in [0.5, 0.6) is 0 Å². The molecule has 0 saturated heterocycles. The fourth-order valence-electron chi connectivity index (χ4n) is 2.49. The van der Waals surface area contributed by atoms with Gasteiger partial charge in [0.2, 0.25) is 0 Å². The zero-order chi connectivity index (χ0) is 14.4. The lowest BCUT2D eigenvalue weighted by Crippen LogP contribution is -2.42. The van der Waals surface area contributed by atoms with E-state index in [1.165, 1.54) is 19.3 Å². The van der Waals surface area contributed by atoms with Gasteiger partial charge in [0.1, 0.15) is 0 Å². The van der Waals surface area contributed by atoms with Crippen molar-refractivity contribution in [2.45, 2.75) is 37.1 Å². The van der Waals surface area contributed by atoms with Gasteiger partial charge in [0.25, 0.3) is 0 Å². The van der Waals surface area contributed by atoms with Crippen LogP contribution in [0.15, 0.2) is 29.3 Å². The molecule has 118 valence electrons. The van der Waals surface area contributed by atoms with Crippen LogP contribution >= 0.6 is 47.3 Å². The average molecular weight is 440 g/mol. The van der Waals surface area contributed by atoms with Crippen molar-refractivity contribution in [3.8, 4) is 0 Å². The molecule has 0 aliphatic heterocycles. The highest BCUT2D eigenvalue weighted by Gasteiger charge is 2.24. The van der Waals surface area contributed by atoms with Gasteiger partial charge in [-0.25, -0.2) is 0 Å². The molecule has 2 N–H and O–H groups in total. The SMILES string of the molecule is CN=C(NCc1ccccc1Cl)NC1CCC(SC)C1.I. The van der Waals surface area contributed by atoms with Crippen molar-refractivity contribution >= 4 is 53.3 Å². The van der Waals surface area contributed by atoms with E-state index < -0.39 is 0 Å². The van der Waals surface area contributed by atoms with Crippen molar-refractivity contribution in [1.29, 1.82) is 0 Å². The summed E-state index contributed by atoms with van der Waals surface area (Å²) >= 11 is 8.12. The molecule has 0 bridgehead atoms. The van der Waals surface area contributed by atoms with Gasteiger partial charge in [0, 0.05) is 29.9 Å². The smallest absolute Gasteiger partial charge is 0.191 e. The minimum Gasteiger partial charge on any atom is -0.354 e. The summed E-state index contributed by atoms with van der Waals surface area (Å²) in [5.41, 5.74) is 1.09. The molecule has 0 amide bonds. The third kappa shape index (κ3) is 5.87. The maximum absolute atomic E-state index is 6.16. The maximum atomic E-state index is 6.16. The third-order valence-corrected chi connectivity index (χ3v) is 5.15. The highest BCUT2D eigenvalue weighted by Crippen LogP contribution is 2.28. The molecule has 0 spiro atoms. The fourth-order valence-corrected chi connectivity index (χ4v) is 3.49. The summed E-state index contributed by atoms with van der Waals surface area (Å²) in [6.07, 6.45) is 5.92. The summed E-state index contributed by atoms with van der Waals surface area (Å²) in [5, 5.41) is 8.41. The van der Waals surface area contributed by atoms with Crippen LogP contribution in [0, 0.1) is 0 Å². The van der Waals surface area contributed by atoms with Gasteiger partial charge in [-0.3, -0.25) is 4.99 Å². The number of guanidine groups is 1. The molecule has 0 radical (unpaired) electrons. The second-order valence-corrected chi connectivity index (χ2v) is 6.57. The topological polar surface area (TPSA) is 36.4 Å². The minimum absolute atomic E-state index is 0. The first kappa shape index (κ1) is 18.9. The Morgan fingerprint density at radius 3 is 2.76 bits per heavy atom. The van der Waals surface area contributed by atoms with E-state index >= 15 is 0 Å². The summed E-state index contributed by atoms with van der Waals surface area (Å²) in [6, 6.07) is 8.42. The maximum Gasteiger partial charge on any atom is 0.191 e. The van der Waals surface area contributed by atoms with Crippen LogP contribution in [0.3, 0.4) is 0 Å². The van der Waals surface area contributed by atoms with Crippen molar-refractivity contribution in [3.63, 3.8) is 0 Å². The monoisotopic (exact) mass is 439 g/mol. The summed E-state index contributed by atoms with van der Waals surface area (Å²) in [6.45, 7) is 0.692. The first-order valence-electron chi connectivity index (χ1n) is 6.96. The van der Waals surface area contributed by atoms with Gasteiger partial charge in [-0.2, -0.15) is 11.8 Å². The van der Waals surface area contributed by atoms with Gasteiger partial charge >= 0.3 is 0 Å². The summed E-state index contributed by atoms with van der Waals surface area (Å²) in [7, 11) is 1.81. The highest BCUT2D eigenvalue weighted by molar-refractivity contribution is 14.0. The molecule has 2 unspecified atom stereocenters. The quantitative estimate of drug-likeness (QED) is 0.424. The Labute approximate surface area is 153 Å². The van der Waals surface area contributed by atoms with Crippen LogP contribution in [0.1, 0.15) is 24.8 Å². The number of thioether (sulfide) groups is 1. The molecule has 1 aliphatic rings. The zero-order valence-corrected chi connectivity index (χ0v) is 16.3. The van der Waals surface area contributed by atoms with E-state index in [0.29, 0.717) is 12.6 Å². The molecule has 6 heteroatoms. The van der Waals surface area contributed by atoms with Crippen LogP contribution in [-0.2, 0) is 6.54 Å². The van der Waals surface area contributed by atoms with Gasteiger partial charge < -0.3 is 10.6 Å². The molecule has 1 aliphatic carbocycles. The van der Waals surface area contributed by atoms with Crippen LogP contribution in [0.25, 0.3) is 0 Å². The summed E-state index contributed by atoms with van der Waals surface area (Å²) < 4.78 is 0. The first-order chi connectivity index (χ1) is 9.72. The van der Waals surface area contributed by atoms with E-state index in [2.05, 4.69) is 21.9 Å². The Kier molecular flexibility index (Phi) is 8.82. The van der Waals surface area contributed by atoms with Crippen LogP contribution in [0.4, 0.5) is 0 Å². The number of nitrogens with one attached hydrogen (secondary N) is 2. The van der Waals surface area contributed by atoms with Crippen molar-refractivity contribution in [3.05, 3.63) is 34.9 Å². The zero-order valence-electron chi connectivity index (χ0n) is 12.4. The lowest BCUT2D eigenvalue weighted by atomic mass is 10.2. The van der Waals surface area contributed by atoms with Crippen LogP contribution < -0.4 is 10.6 Å². The number of aliphatic imine (C=N–C) groups is 1. The van der Waals surface area contributed by atoms with Gasteiger partial charge in [0.05, 0.1) is 0 Å². The van der Waals surface area contributed by atoms with E-state index in [1.54, 1.807) is 0 Å². The standard InChI is InChI=1S/C15H22ClN3S.HI/c1-17-15(19-12-7-8-13(9-12)20-2)18-10-11-5-3-4-6-14(11)16;/h3-6,12-13H,7-10H2,1-2H3,(H2,17,18,19);1H. The predicted molar refractivity (Wildman–Crippen MR) is 105 cm³/mol. The number of hydrogen-bond acceptors (Lipinski definition) is 2. The predicted octanol–water partition coefficient (Wildman–Crippen LogP) is 3.91. The Morgan fingerprint density at radius 1 is 1.38 bits per heavy atom. The number of benzene rings is 1. The van der Waals surface area contributed by atoms with E-state index in [0.717, 1.165) is 21.8 Å². The number of halogens is 2. The molecule has 2 atom stereocenters. The normalized spacial score (nSPS) is 21.8. The summed E-state index contributed by atoms with van der Waals surface area (Å²) in [4.78, 5) is 4.29. The molecule has 2 rings (SSSR count). The molecular formula is C15H23ClIN3S. The lowest BCUT2D eigenvalue weighted by Gasteiger charge is -2.17. The second-order valence-electron chi connectivity index (χ2n) is 5.03. The van der Waals surface area contributed by atoms with Crippen LogP contribution in [-0.4, -0.2) is 30.6 Å². The molecule has 1 aromatic rings. The molecule has 0 aromatic heterocycles. The van der Waals surface area contributed by atoms with E-state index in [9.17, 15) is 0 Å². The second kappa shape index (κ2) is 9.79. The highest BCUT2D eigenvalue weighted by atomic mass is 127. The molecule has 1 aromatic carbocycles. The van der Waals surface area contributed by atoms with Crippen molar-refractivity contribution in [2.75, 3.05) is 13.3 Å². The van der Waals surface area contributed by atoms with Gasteiger partial charge in [0.15, 0.2) is 5.96 Å². The first-order valence-corrected chi connectivity index (χ1v) is 8.63. The lowest BCUT2D eigenvalue weighted by molar-refractivity contribution is 0.614. The largest absolute Gasteiger partial charge is 0.354 e. The Morgan fingerprint density at radius 2 is 2.14 bits per heavy atom. The molecule has 0 heterocycles. The molecular weight excluding hydrogens is 417 g/mol. The molecule has 3 nitrogen and oxygen atoms in total. The minimum atomic E-state index is 0. The average Bonchev–Trinajstić information content (AvgIpc) is 2.92. The van der Waals surface area contributed by atoms with E-state index in [1.807, 2.05) is 43.1 Å². The Bertz CT molecular complexity index is 470. The van der Waals surface area contributed by atoms with E-state index in [-0.39, 0.29) is 24.0 Å². The number of hydrogen-bond donors (Lipinski definition) is 2. The van der Waals surface area contributed by atoms with Crippen molar-refractivity contribution < 1.29 is 0 Å².